The molecule has 0 radical (unpaired) electrons. The van der Waals surface area contributed by atoms with Crippen LogP contribution in [0.15, 0.2) is 23.2 Å². The van der Waals surface area contributed by atoms with Crippen molar-refractivity contribution in [2.45, 2.75) is 31.2 Å². The van der Waals surface area contributed by atoms with Crippen molar-refractivity contribution in [2.24, 2.45) is 0 Å². The average molecular weight is 229 g/mol. The molecule has 0 aliphatic heterocycles. The number of nitrogens with zero attached hydrogens (tertiary/aromatic N) is 1. The Morgan fingerprint density at radius 1 is 1.60 bits per heavy atom. The van der Waals surface area contributed by atoms with Crippen LogP contribution in [-0.2, 0) is 10.0 Å². The number of hydrogen-bond acceptors (Lipinski definition) is 4. The molecule has 3 N–H and O–H groups in total. The van der Waals surface area contributed by atoms with Crippen molar-refractivity contribution in [3.8, 4) is 0 Å². The summed E-state index contributed by atoms with van der Waals surface area (Å²) in [6.07, 6.45) is 2.11. The van der Waals surface area contributed by atoms with Crippen LogP contribution in [0.1, 0.15) is 20.3 Å². The Labute approximate surface area is 89.8 Å². The van der Waals surface area contributed by atoms with Gasteiger partial charge >= 0.3 is 0 Å². The molecule has 1 heterocycles. The molecule has 15 heavy (non-hydrogen) atoms. The maximum Gasteiger partial charge on any atom is 0.240 e. The van der Waals surface area contributed by atoms with Gasteiger partial charge in [0.25, 0.3) is 0 Å². The zero-order valence-electron chi connectivity index (χ0n) is 8.77. The van der Waals surface area contributed by atoms with Gasteiger partial charge in [0.1, 0.15) is 5.82 Å². The number of nitrogens with one attached hydrogen (secondary N) is 1. The molecule has 0 saturated carbocycles. The van der Waals surface area contributed by atoms with Crippen LogP contribution in [-0.4, -0.2) is 19.4 Å². The monoisotopic (exact) mass is 229 g/mol. The first-order chi connectivity index (χ1) is 6.95. The quantitative estimate of drug-likeness (QED) is 0.797. The minimum absolute atomic E-state index is 0.0932. The third kappa shape index (κ3) is 3.17. The summed E-state index contributed by atoms with van der Waals surface area (Å²) in [5, 5.41) is 0. The van der Waals surface area contributed by atoms with Crippen LogP contribution < -0.4 is 10.5 Å². The Balaban J connectivity index is 2.96. The van der Waals surface area contributed by atoms with Crippen LogP contribution in [0.25, 0.3) is 0 Å². The van der Waals surface area contributed by atoms with Gasteiger partial charge in [0, 0.05) is 18.3 Å². The number of rotatable bonds is 4. The van der Waals surface area contributed by atoms with Gasteiger partial charge in [0.05, 0.1) is 4.90 Å². The first-order valence-electron chi connectivity index (χ1n) is 4.69. The first kappa shape index (κ1) is 11.9. The Hall–Kier alpha value is -1.14. The van der Waals surface area contributed by atoms with Crippen molar-refractivity contribution in [2.75, 3.05) is 5.73 Å². The van der Waals surface area contributed by atoms with Crippen molar-refractivity contribution in [3.05, 3.63) is 18.3 Å². The minimum atomic E-state index is -3.46. The zero-order valence-corrected chi connectivity index (χ0v) is 9.58. The van der Waals surface area contributed by atoms with Crippen molar-refractivity contribution in [1.82, 2.24) is 9.71 Å². The van der Waals surface area contributed by atoms with Gasteiger partial charge in [-0.1, -0.05) is 6.92 Å². The van der Waals surface area contributed by atoms with Gasteiger partial charge in [-0.15, -0.1) is 0 Å². The van der Waals surface area contributed by atoms with E-state index in [1.165, 1.54) is 18.3 Å². The van der Waals surface area contributed by atoms with E-state index in [-0.39, 0.29) is 16.8 Å². The summed E-state index contributed by atoms with van der Waals surface area (Å²) in [5.41, 5.74) is 5.42. The Morgan fingerprint density at radius 2 is 2.27 bits per heavy atom. The predicted molar refractivity (Wildman–Crippen MR) is 58.7 cm³/mol. The molecule has 0 bridgehead atoms. The SMILES string of the molecule is CCC(C)NS(=O)(=O)c1ccnc(N)c1. The van der Waals surface area contributed by atoms with Crippen LogP contribution in [0, 0.1) is 0 Å². The standard InChI is InChI=1S/C9H15N3O2S/c1-3-7(2)12-15(13,14)8-4-5-11-9(10)6-8/h4-7,12H,3H2,1-2H3,(H2,10,11). The van der Waals surface area contributed by atoms with Gasteiger partial charge in [0.15, 0.2) is 0 Å². The third-order valence-electron chi connectivity index (χ3n) is 2.03. The topological polar surface area (TPSA) is 85.1 Å². The summed E-state index contributed by atoms with van der Waals surface area (Å²) in [6.45, 7) is 3.72. The number of pyridine rings is 1. The van der Waals surface area contributed by atoms with E-state index in [4.69, 9.17) is 5.73 Å². The molecule has 0 spiro atoms. The van der Waals surface area contributed by atoms with Crippen molar-refractivity contribution < 1.29 is 8.42 Å². The molecular formula is C9H15N3O2S. The fraction of sp³-hybridized carbons (Fsp3) is 0.444. The Morgan fingerprint density at radius 3 is 2.80 bits per heavy atom. The molecule has 0 amide bonds. The van der Waals surface area contributed by atoms with Gasteiger partial charge in [-0.05, 0) is 19.4 Å². The first-order valence-corrected chi connectivity index (χ1v) is 6.18. The molecule has 5 nitrogen and oxygen atoms in total. The fourth-order valence-corrected chi connectivity index (χ4v) is 2.36. The second kappa shape index (κ2) is 4.59. The second-order valence-corrected chi connectivity index (χ2v) is 5.06. The second-order valence-electron chi connectivity index (χ2n) is 3.35. The Bertz CT molecular complexity index is 431. The molecule has 0 aromatic carbocycles. The Kier molecular flexibility index (Phi) is 3.65. The average Bonchev–Trinajstić information content (AvgIpc) is 2.17. The number of sulfonamides is 1. The fourth-order valence-electron chi connectivity index (χ4n) is 1.01. The lowest BCUT2D eigenvalue weighted by Crippen LogP contribution is -2.32. The summed E-state index contributed by atoms with van der Waals surface area (Å²) < 4.78 is 26.1. The highest BCUT2D eigenvalue weighted by atomic mass is 32.2. The van der Waals surface area contributed by atoms with Crippen LogP contribution in [0.4, 0.5) is 5.82 Å². The lowest BCUT2D eigenvalue weighted by molar-refractivity contribution is 0.556. The molecule has 0 saturated heterocycles. The van der Waals surface area contributed by atoms with Crippen LogP contribution in [0.2, 0.25) is 0 Å². The molecule has 1 rings (SSSR count). The lowest BCUT2D eigenvalue weighted by atomic mass is 10.3. The van der Waals surface area contributed by atoms with Crippen LogP contribution >= 0.6 is 0 Å². The van der Waals surface area contributed by atoms with Gasteiger partial charge < -0.3 is 5.73 Å². The van der Waals surface area contributed by atoms with Gasteiger partial charge in [-0.2, -0.15) is 0 Å². The van der Waals surface area contributed by atoms with E-state index in [0.29, 0.717) is 0 Å². The van der Waals surface area contributed by atoms with Crippen LogP contribution in [0.3, 0.4) is 0 Å². The zero-order chi connectivity index (χ0) is 11.5. The number of aromatic nitrogens is 1. The van der Waals surface area contributed by atoms with E-state index in [1.807, 2.05) is 13.8 Å². The highest BCUT2D eigenvalue weighted by Crippen LogP contribution is 2.11. The maximum atomic E-state index is 11.8. The normalized spacial score (nSPS) is 13.7. The minimum Gasteiger partial charge on any atom is -0.384 e. The van der Waals surface area contributed by atoms with Crippen molar-refractivity contribution in [1.29, 1.82) is 0 Å². The summed E-state index contributed by atoms with van der Waals surface area (Å²) in [7, 11) is -3.46. The predicted octanol–water partition coefficient (Wildman–Crippen LogP) is 0.741. The molecule has 6 heteroatoms. The molecule has 0 aliphatic rings. The highest BCUT2D eigenvalue weighted by Gasteiger charge is 2.16. The summed E-state index contributed by atoms with van der Waals surface area (Å²) in [4.78, 5) is 3.89. The molecule has 0 fully saturated rings. The summed E-state index contributed by atoms with van der Waals surface area (Å²) in [6, 6.07) is 2.66. The maximum absolute atomic E-state index is 11.8. The highest BCUT2D eigenvalue weighted by molar-refractivity contribution is 7.89. The molecule has 1 aromatic rings. The van der Waals surface area contributed by atoms with E-state index in [9.17, 15) is 8.42 Å². The van der Waals surface area contributed by atoms with E-state index < -0.39 is 10.0 Å². The molecule has 1 aromatic heterocycles. The molecule has 0 aliphatic carbocycles. The van der Waals surface area contributed by atoms with E-state index in [1.54, 1.807) is 0 Å². The largest absolute Gasteiger partial charge is 0.384 e. The summed E-state index contributed by atoms with van der Waals surface area (Å²) >= 11 is 0. The van der Waals surface area contributed by atoms with Crippen molar-refractivity contribution in [3.63, 3.8) is 0 Å². The molecular weight excluding hydrogens is 214 g/mol. The van der Waals surface area contributed by atoms with Gasteiger partial charge in [-0.3, -0.25) is 0 Å². The number of hydrogen-bond donors (Lipinski definition) is 2. The summed E-state index contributed by atoms with van der Waals surface area (Å²) in [5.74, 6) is 0.196. The molecule has 1 unspecified atom stereocenters. The smallest absolute Gasteiger partial charge is 0.240 e. The molecule has 84 valence electrons. The molecule has 1 atom stereocenters. The third-order valence-corrected chi connectivity index (χ3v) is 3.62. The van der Waals surface area contributed by atoms with Crippen LogP contribution in [0.5, 0.6) is 0 Å². The number of nitrogen functional groups attached to an aromatic ring is 1. The van der Waals surface area contributed by atoms with Crippen molar-refractivity contribution >= 4 is 15.8 Å². The van der Waals surface area contributed by atoms with E-state index in [2.05, 4.69) is 9.71 Å². The van der Waals surface area contributed by atoms with Gasteiger partial charge in [-0.25, -0.2) is 18.1 Å². The van der Waals surface area contributed by atoms with E-state index in [0.717, 1.165) is 6.42 Å². The number of anilines is 1. The number of nitrogens with two attached hydrogens (primary N) is 1. The van der Waals surface area contributed by atoms with Gasteiger partial charge in [0.2, 0.25) is 10.0 Å². The lowest BCUT2D eigenvalue weighted by Gasteiger charge is -2.11. The van der Waals surface area contributed by atoms with E-state index >= 15 is 0 Å².